The summed E-state index contributed by atoms with van der Waals surface area (Å²) < 4.78 is 5.14. The number of anilines is 1. The number of ether oxygens (including phenoxy) is 1. The van der Waals surface area contributed by atoms with Crippen molar-refractivity contribution >= 4 is 11.9 Å². The van der Waals surface area contributed by atoms with Crippen LogP contribution in [0.2, 0.25) is 0 Å². The summed E-state index contributed by atoms with van der Waals surface area (Å²) in [7, 11) is 1.62. The Labute approximate surface area is 129 Å². The van der Waals surface area contributed by atoms with Gasteiger partial charge in [-0.25, -0.2) is 9.97 Å². The van der Waals surface area contributed by atoms with E-state index in [1.807, 2.05) is 31.2 Å². The van der Waals surface area contributed by atoms with Crippen LogP contribution < -0.4 is 9.64 Å². The summed E-state index contributed by atoms with van der Waals surface area (Å²) in [6, 6.07) is 9.34. The first-order valence-corrected chi connectivity index (χ1v) is 7.08. The zero-order chi connectivity index (χ0) is 15.9. The van der Waals surface area contributed by atoms with Crippen molar-refractivity contribution in [3.05, 3.63) is 36.5 Å². The van der Waals surface area contributed by atoms with Crippen LogP contribution >= 0.6 is 0 Å². The van der Waals surface area contributed by atoms with Gasteiger partial charge < -0.3 is 14.7 Å². The number of nitrogens with zero attached hydrogens (tertiary/aromatic N) is 3. The molecular formula is C16H19N3O3. The Bertz CT molecular complexity index is 629. The molecule has 0 atom stereocenters. The first-order chi connectivity index (χ1) is 10.6. The third-order valence-electron chi connectivity index (χ3n) is 3.13. The van der Waals surface area contributed by atoms with E-state index < -0.39 is 5.97 Å². The largest absolute Gasteiger partial charge is 0.497 e. The maximum atomic E-state index is 11.0. The lowest BCUT2D eigenvalue weighted by Crippen LogP contribution is -2.31. The third-order valence-corrected chi connectivity index (χ3v) is 3.13. The minimum absolute atomic E-state index is 0.111. The molecule has 0 saturated carbocycles. The molecule has 0 spiro atoms. The number of benzene rings is 1. The van der Waals surface area contributed by atoms with Gasteiger partial charge in [-0.2, -0.15) is 0 Å². The summed E-state index contributed by atoms with van der Waals surface area (Å²) in [4.78, 5) is 21.3. The van der Waals surface area contributed by atoms with Gasteiger partial charge in [0.25, 0.3) is 0 Å². The fourth-order valence-corrected chi connectivity index (χ4v) is 2.11. The molecule has 1 aromatic carbocycles. The van der Waals surface area contributed by atoms with Crippen LogP contribution in [0.4, 0.5) is 5.95 Å². The molecule has 0 aliphatic heterocycles. The van der Waals surface area contributed by atoms with Crippen molar-refractivity contribution in [3.63, 3.8) is 0 Å². The zero-order valence-electron chi connectivity index (χ0n) is 12.7. The minimum Gasteiger partial charge on any atom is -0.497 e. The van der Waals surface area contributed by atoms with Crippen LogP contribution in [0, 0.1) is 0 Å². The first kappa shape index (κ1) is 15.8. The van der Waals surface area contributed by atoms with Crippen molar-refractivity contribution in [2.24, 2.45) is 0 Å². The van der Waals surface area contributed by atoms with E-state index >= 15 is 0 Å². The van der Waals surface area contributed by atoms with Gasteiger partial charge in [0, 0.05) is 18.3 Å². The smallest absolute Gasteiger partial charge is 0.323 e. The summed E-state index contributed by atoms with van der Waals surface area (Å²) >= 11 is 0. The summed E-state index contributed by atoms with van der Waals surface area (Å²) in [5.74, 6) is 0.306. The lowest BCUT2D eigenvalue weighted by molar-refractivity contribution is -0.135. The number of rotatable bonds is 7. The maximum absolute atomic E-state index is 11.0. The Hall–Kier alpha value is -2.63. The number of aromatic nitrogens is 2. The van der Waals surface area contributed by atoms with Crippen LogP contribution in [0.3, 0.4) is 0 Å². The number of aliphatic carboxylic acids is 1. The second-order valence-corrected chi connectivity index (χ2v) is 4.79. The van der Waals surface area contributed by atoms with Crippen LogP contribution in [-0.4, -0.2) is 41.2 Å². The van der Waals surface area contributed by atoms with Gasteiger partial charge in [0.05, 0.1) is 12.8 Å². The van der Waals surface area contributed by atoms with E-state index in [1.54, 1.807) is 24.3 Å². The SMILES string of the molecule is CCCN(CC(=O)O)c1nccc(-c2ccc(OC)cc2)n1. The molecule has 2 rings (SSSR count). The molecule has 0 saturated heterocycles. The highest BCUT2D eigenvalue weighted by atomic mass is 16.5. The fraction of sp³-hybridized carbons (Fsp3) is 0.312. The Morgan fingerprint density at radius 1 is 1.27 bits per heavy atom. The number of carboxylic acids is 1. The Balaban J connectivity index is 2.28. The summed E-state index contributed by atoms with van der Waals surface area (Å²) in [5, 5.41) is 9.00. The van der Waals surface area contributed by atoms with Gasteiger partial charge in [-0.3, -0.25) is 4.79 Å². The molecule has 0 aliphatic rings. The van der Waals surface area contributed by atoms with Gasteiger partial charge in [0.1, 0.15) is 12.3 Å². The highest BCUT2D eigenvalue weighted by Crippen LogP contribution is 2.22. The van der Waals surface area contributed by atoms with Gasteiger partial charge in [-0.1, -0.05) is 6.92 Å². The molecule has 0 amide bonds. The van der Waals surface area contributed by atoms with Crippen molar-refractivity contribution in [2.75, 3.05) is 25.1 Å². The van der Waals surface area contributed by atoms with E-state index in [1.165, 1.54) is 0 Å². The Morgan fingerprint density at radius 2 is 2.00 bits per heavy atom. The van der Waals surface area contributed by atoms with Crippen molar-refractivity contribution in [2.45, 2.75) is 13.3 Å². The van der Waals surface area contributed by atoms with E-state index in [0.29, 0.717) is 12.5 Å². The topological polar surface area (TPSA) is 75.6 Å². The standard InChI is InChI=1S/C16H19N3O3/c1-3-10-19(11-15(20)21)16-17-9-8-14(18-16)12-4-6-13(22-2)7-5-12/h4-9H,3,10-11H2,1-2H3,(H,20,21). The molecule has 0 radical (unpaired) electrons. The van der Waals surface area contributed by atoms with Gasteiger partial charge in [-0.05, 0) is 36.8 Å². The van der Waals surface area contributed by atoms with Gasteiger partial charge in [-0.15, -0.1) is 0 Å². The molecule has 2 aromatic rings. The molecule has 0 aliphatic carbocycles. The van der Waals surface area contributed by atoms with Crippen molar-refractivity contribution in [1.82, 2.24) is 9.97 Å². The number of carboxylic acid groups (broad SMARTS) is 1. The van der Waals surface area contributed by atoms with Crippen molar-refractivity contribution in [1.29, 1.82) is 0 Å². The van der Waals surface area contributed by atoms with E-state index in [4.69, 9.17) is 9.84 Å². The summed E-state index contributed by atoms with van der Waals surface area (Å²) in [5.41, 5.74) is 1.68. The average molecular weight is 301 g/mol. The van der Waals surface area contributed by atoms with Crippen LogP contribution in [0.1, 0.15) is 13.3 Å². The fourth-order valence-electron chi connectivity index (χ4n) is 2.11. The first-order valence-electron chi connectivity index (χ1n) is 7.08. The quantitative estimate of drug-likeness (QED) is 0.846. The lowest BCUT2D eigenvalue weighted by Gasteiger charge is -2.20. The average Bonchev–Trinajstić information content (AvgIpc) is 2.54. The summed E-state index contributed by atoms with van der Waals surface area (Å²) in [6.45, 7) is 2.47. The van der Waals surface area contributed by atoms with Crippen LogP contribution in [0.25, 0.3) is 11.3 Å². The number of hydrogen-bond donors (Lipinski definition) is 1. The Morgan fingerprint density at radius 3 is 2.59 bits per heavy atom. The number of methoxy groups -OCH3 is 1. The minimum atomic E-state index is -0.896. The predicted molar refractivity (Wildman–Crippen MR) is 84.2 cm³/mol. The lowest BCUT2D eigenvalue weighted by atomic mass is 10.1. The number of carbonyl (C=O) groups is 1. The highest BCUT2D eigenvalue weighted by Gasteiger charge is 2.13. The van der Waals surface area contributed by atoms with Crippen LogP contribution in [-0.2, 0) is 4.79 Å². The molecule has 1 heterocycles. The second kappa shape index (κ2) is 7.40. The Kier molecular flexibility index (Phi) is 5.30. The van der Waals surface area contributed by atoms with Crippen LogP contribution in [0.15, 0.2) is 36.5 Å². The molecule has 6 heteroatoms. The van der Waals surface area contributed by atoms with Gasteiger partial charge >= 0.3 is 5.97 Å². The second-order valence-electron chi connectivity index (χ2n) is 4.79. The number of hydrogen-bond acceptors (Lipinski definition) is 5. The highest BCUT2D eigenvalue weighted by molar-refractivity contribution is 5.73. The van der Waals surface area contributed by atoms with Crippen molar-refractivity contribution < 1.29 is 14.6 Å². The van der Waals surface area contributed by atoms with E-state index in [-0.39, 0.29) is 6.54 Å². The van der Waals surface area contributed by atoms with E-state index in [9.17, 15) is 4.79 Å². The maximum Gasteiger partial charge on any atom is 0.323 e. The molecule has 1 N–H and O–H groups in total. The summed E-state index contributed by atoms with van der Waals surface area (Å²) in [6.07, 6.45) is 2.47. The molecule has 0 fully saturated rings. The monoisotopic (exact) mass is 301 g/mol. The molecule has 6 nitrogen and oxygen atoms in total. The molecule has 22 heavy (non-hydrogen) atoms. The predicted octanol–water partition coefficient (Wildman–Crippen LogP) is 2.45. The molecule has 1 aromatic heterocycles. The third kappa shape index (κ3) is 3.94. The molecular weight excluding hydrogens is 282 g/mol. The van der Waals surface area contributed by atoms with Crippen LogP contribution in [0.5, 0.6) is 5.75 Å². The van der Waals surface area contributed by atoms with E-state index in [0.717, 1.165) is 23.4 Å². The van der Waals surface area contributed by atoms with Gasteiger partial charge in [0.15, 0.2) is 0 Å². The molecule has 116 valence electrons. The van der Waals surface area contributed by atoms with Gasteiger partial charge in [0.2, 0.25) is 5.95 Å². The van der Waals surface area contributed by atoms with Crippen molar-refractivity contribution in [3.8, 4) is 17.0 Å². The molecule has 0 bridgehead atoms. The molecule has 0 unspecified atom stereocenters. The zero-order valence-corrected chi connectivity index (χ0v) is 12.7. The van der Waals surface area contributed by atoms with E-state index in [2.05, 4.69) is 9.97 Å². The normalized spacial score (nSPS) is 10.3.